The lowest BCUT2D eigenvalue weighted by Gasteiger charge is -2.52. The molecule has 2 aliphatic rings. The van der Waals surface area contributed by atoms with E-state index in [2.05, 4.69) is 40.0 Å². The molecule has 1 aromatic heterocycles. The summed E-state index contributed by atoms with van der Waals surface area (Å²) in [5.74, 6) is -0.363. The Labute approximate surface area is 187 Å². The van der Waals surface area contributed by atoms with Crippen LogP contribution in [0.3, 0.4) is 0 Å². The summed E-state index contributed by atoms with van der Waals surface area (Å²) in [5.41, 5.74) is 6.82. The number of aromatic nitrogens is 2. The molecule has 1 spiro atoms. The van der Waals surface area contributed by atoms with E-state index in [4.69, 9.17) is 0 Å². The Bertz CT molecular complexity index is 1160. The lowest BCUT2D eigenvalue weighted by atomic mass is 9.60. The zero-order valence-corrected chi connectivity index (χ0v) is 18.4. The van der Waals surface area contributed by atoms with Gasteiger partial charge in [-0.1, -0.05) is 42.0 Å². The lowest BCUT2D eigenvalue weighted by Crippen LogP contribution is -2.58. The fourth-order valence-electron chi connectivity index (χ4n) is 4.79. The fourth-order valence-corrected chi connectivity index (χ4v) is 4.79. The van der Waals surface area contributed by atoms with Gasteiger partial charge in [-0.15, -0.1) is 0 Å². The predicted molar refractivity (Wildman–Crippen MR) is 122 cm³/mol. The third-order valence-corrected chi connectivity index (χ3v) is 6.68. The van der Waals surface area contributed by atoms with Gasteiger partial charge in [0.15, 0.2) is 0 Å². The van der Waals surface area contributed by atoms with Crippen LogP contribution in [-0.2, 0) is 7.05 Å². The Balaban J connectivity index is 1.38. The number of hydrogen-bond donors (Lipinski definition) is 2. The molecule has 1 saturated carbocycles. The number of aryl methyl sites for hydroxylation is 1. The smallest absolute Gasteiger partial charge is 0.254 e. The summed E-state index contributed by atoms with van der Waals surface area (Å²) in [6.07, 6.45) is 5.45. The van der Waals surface area contributed by atoms with Gasteiger partial charge < -0.3 is 10.6 Å². The maximum Gasteiger partial charge on any atom is 0.254 e. The molecule has 0 radical (unpaired) electrons. The Morgan fingerprint density at radius 2 is 1.69 bits per heavy atom. The van der Waals surface area contributed by atoms with Gasteiger partial charge >= 0.3 is 0 Å². The number of hydrogen-bond acceptors (Lipinski definition) is 3. The minimum atomic E-state index is -0.222. The van der Waals surface area contributed by atoms with Crippen LogP contribution in [0.1, 0.15) is 52.9 Å². The highest BCUT2D eigenvalue weighted by molar-refractivity contribution is 5.94. The number of carbonyl (C=O) groups excluding carboxylic acids is 1. The Hall–Kier alpha value is -3.25. The van der Waals surface area contributed by atoms with Crippen molar-refractivity contribution in [1.29, 1.82) is 0 Å². The number of nitrogens with zero attached hydrogens (tertiary/aromatic N) is 2. The molecule has 1 aliphatic carbocycles. The van der Waals surface area contributed by atoms with E-state index >= 15 is 0 Å². The van der Waals surface area contributed by atoms with Gasteiger partial charge in [0, 0.05) is 31.7 Å². The molecule has 6 heteroatoms. The van der Waals surface area contributed by atoms with E-state index in [1.807, 2.05) is 19.1 Å². The third kappa shape index (κ3) is 3.86. The van der Waals surface area contributed by atoms with Crippen molar-refractivity contribution in [3.05, 3.63) is 94.6 Å². The molecule has 5 nitrogen and oxygen atoms in total. The molecule has 32 heavy (non-hydrogen) atoms. The van der Waals surface area contributed by atoms with Crippen LogP contribution in [0, 0.1) is 11.2 Å². The first-order valence-corrected chi connectivity index (χ1v) is 11.0. The predicted octanol–water partition coefficient (Wildman–Crippen LogP) is 4.24. The maximum atomic E-state index is 13.5. The van der Waals surface area contributed by atoms with Crippen molar-refractivity contribution in [3.63, 3.8) is 0 Å². The first kappa shape index (κ1) is 20.6. The fraction of sp³-hybridized carbons (Fsp3) is 0.308. The van der Waals surface area contributed by atoms with Gasteiger partial charge in [-0.05, 0) is 54.2 Å². The van der Waals surface area contributed by atoms with Gasteiger partial charge in [-0.25, -0.2) is 4.39 Å². The standard InChI is InChI=1S/C26H27FN4O/c1-17(30-25(32)22-13-29-31(2)14-22)18-3-5-19(6-4-18)24(20-7-9-23(27)10-8-20)21-11-26(12-21)15-28-16-26/h3-10,13-14,17,28H,11-12,15-16H2,1-2H3,(H,30,32)/t17-/m1/s1. The summed E-state index contributed by atoms with van der Waals surface area (Å²) in [6, 6.07) is 15.0. The number of benzene rings is 2. The highest BCUT2D eigenvalue weighted by atomic mass is 19.1. The van der Waals surface area contributed by atoms with Crippen LogP contribution in [0.15, 0.2) is 66.5 Å². The molecule has 164 valence electrons. The van der Waals surface area contributed by atoms with Crippen LogP contribution in [0.5, 0.6) is 0 Å². The average Bonchev–Trinajstić information content (AvgIpc) is 3.16. The summed E-state index contributed by atoms with van der Waals surface area (Å²) in [5, 5.41) is 10.5. The molecule has 1 saturated heterocycles. The van der Waals surface area contributed by atoms with Gasteiger partial charge in [0.2, 0.25) is 0 Å². The maximum absolute atomic E-state index is 13.5. The molecule has 2 heterocycles. The van der Waals surface area contributed by atoms with E-state index in [1.165, 1.54) is 23.3 Å². The largest absolute Gasteiger partial charge is 0.345 e. The zero-order valence-electron chi connectivity index (χ0n) is 18.4. The first-order valence-electron chi connectivity index (χ1n) is 11.0. The second-order valence-electron chi connectivity index (χ2n) is 9.16. The molecular weight excluding hydrogens is 403 g/mol. The number of rotatable bonds is 5. The van der Waals surface area contributed by atoms with E-state index in [0.29, 0.717) is 11.0 Å². The van der Waals surface area contributed by atoms with Gasteiger partial charge in [0.25, 0.3) is 5.91 Å². The van der Waals surface area contributed by atoms with Crippen molar-refractivity contribution in [2.75, 3.05) is 13.1 Å². The zero-order chi connectivity index (χ0) is 22.3. The minimum absolute atomic E-state index is 0.133. The number of carbonyl (C=O) groups is 1. The topological polar surface area (TPSA) is 59.0 Å². The number of allylic oxidation sites excluding steroid dienone is 1. The minimum Gasteiger partial charge on any atom is -0.345 e. The van der Waals surface area contributed by atoms with Crippen molar-refractivity contribution in [1.82, 2.24) is 20.4 Å². The van der Waals surface area contributed by atoms with Crippen molar-refractivity contribution in [2.45, 2.75) is 25.8 Å². The SMILES string of the molecule is C[C@@H](NC(=O)c1cnn(C)c1)c1ccc(C(=C2CC3(CNC3)C2)c2ccc(F)cc2)cc1. The van der Waals surface area contributed by atoms with Gasteiger partial charge in [-0.3, -0.25) is 9.48 Å². The molecule has 2 aromatic carbocycles. The van der Waals surface area contributed by atoms with Crippen LogP contribution in [-0.4, -0.2) is 28.8 Å². The Morgan fingerprint density at radius 3 is 2.22 bits per heavy atom. The molecule has 5 rings (SSSR count). The van der Waals surface area contributed by atoms with Crippen molar-refractivity contribution >= 4 is 11.5 Å². The summed E-state index contributed by atoms with van der Waals surface area (Å²) >= 11 is 0. The van der Waals surface area contributed by atoms with E-state index in [0.717, 1.165) is 42.6 Å². The Morgan fingerprint density at radius 1 is 1.06 bits per heavy atom. The van der Waals surface area contributed by atoms with Crippen LogP contribution in [0.25, 0.3) is 5.57 Å². The average molecular weight is 431 g/mol. The Kier molecular flexibility index (Phi) is 5.18. The number of nitrogens with one attached hydrogen (secondary N) is 2. The van der Waals surface area contributed by atoms with Crippen LogP contribution >= 0.6 is 0 Å². The molecule has 0 bridgehead atoms. The summed E-state index contributed by atoms with van der Waals surface area (Å²) < 4.78 is 15.2. The molecule has 1 atom stereocenters. The van der Waals surface area contributed by atoms with Crippen LogP contribution in [0.4, 0.5) is 4.39 Å². The van der Waals surface area contributed by atoms with Crippen LogP contribution in [0.2, 0.25) is 0 Å². The van der Waals surface area contributed by atoms with E-state index < -0.39 is 0 Å². The molecule has 0 unspecified atom stereocenters. The van der Waals surface area contributed by atoms with Crippen molar-refractivity contribution in [2.24, 2.45) is 12.5 Å². The van der Waals surface area contributed by atoms with E-state index in [1.54, 1.807) is 24.1 Å². The molecule has 2 fully saturated rings. The quantitative estimate of drug-likeness (QED) is 0.637. The van der Waals surface area contributed by atoms with E-state index in [-0.39, 0.29) is 17.8 Å². The second-order valence-corrected chi connectivity index (χ2v) is 9.16. The summed E-state index contributed by atoms with van der Waals surface area (Å²) in [4.78, 5) is 12.5. The lowest BCUT2D eigenvalue weighted by molar-refractivity contribution is 0.0940. The van der Waals surface area contributed by atoms with E-state index in [9.17, 15) is 9.18 Å². The molecule has 1 amide bonds. The van der Waals surface area contributed by atoms with Crippen molar-refractivity contribution in [3.8, 4) is 0 Å². The van der Waals surface area contributed by atoms with Crippen LogP contribution < -0.4 is 10.6 Å². The highest BCUT2D eigenvalue weighted by Crippen LogP contribution is 2.51. The van der Waals surface area contributed by atoms with Gasteiger partial charge in [0.05, 0.1) is 17.8 Å². The van der Waals surface area contributed by atoms with Gasteiger partial charge in [0.1, 0.15) is 5.82 Å². The highest BCUT2D eigenvalue weighted by Gasteiger charge is 2.46. The van der Waals surface area contributed by atoms with Crippen molar-refractivity contribution < 1.29 is 9.18 Å². The second kappa shape index (κ2) is 8.02. The first-order chi connectivity index (χ1) is 15.4. The summed E-state index contributed by atoms with van der Waals surface area (Å²) in [7, 11) is 1.79. The number of amides is 1. The monoisotopic (exact) mass is 430 g/mol. The molecule has 1 aliphatic heterocycles. The summed E-state index contributed by atoms with van der Waals surface area (Å²) in [6.45, 7) is 4.14. The molecule has 2 N–H and O–H groups in total. The normalized spacial score (nSPS) is 17.4. The number of halogens is 1. The van der Waals surface area contributed by atoms with Gasteiger partial charge in [-0.2, -0.15) is 5.10 Å². The molecular formula is C26H27FN4O. The molecule has 3 aromatic rings. The third-order valence-electron chi connectivity index (χ3n) is 6.68.